The van der Waals surface area contributed by atoms with Gasteiger partial charge in [-0.1, -0.05) is 6.07 Å². The first-order valence-electron chi connectivity index (χ1n) is 6.16. The molecule has 1 fully saturated rings. The average molecular weight is 277 g/mol. The number of nitrogens with zero attached hydrogens (tertiary/aromatic N) is 2. The van der Waals surface area contributed by atoms with Crippen LogP contribution in [0.25, 0.3) is 6.08 Å². The summed E-state index contributed by atoms with van der Waals surface area (Å²) >= 11 is 0. The lowest BCUT2D eigenvalue weighted by atomic mass is 10.1. The van der Waals surface area contributed by atoms with Crippen molar-refractivity contribution >= 4 is 12.0 Å². The third-order valence-electron chi connectivity index (χ3n) is 3.07. The van der Waals surface area contributed by atoms with Crippen LogP contribution < -0.4 is 5.32 Å². The van der Waals surface area contributed by atoms with E-state index in [2.05, 4.69) is 5.32 Å². The Morgan fingerprint density at radius 1 is 1.45 bits per heavy atom. The Morgan fingerprint density at radius 3 is 2.80 bits per heavy atom. The number of piperazine rings is 1. The molecule has 1 aromatic carbocycles. The van der Waals surface area contributed by atoms with Gasteiger partial charge in [0.1, 0.15) is 17.7 Å². The number of rotatable bonds is 2. The second-order valence-electron chi connectivity index (χ2n) is 4.35. The summed E-state index contributed by atoms with van der Waals surface area (Å²) in [4.78, 5) is 13.4. The monoisotopic (exact) mass is 277 g/mol. The molecule has 0 spiro atoms. The highest BCUT2D eigenvalue weighted by Crippen LogP contribution is 2.14. The van der Waals surface area contributed by atoms with Crippen molar-refractivity contribution in [2.75, 3.05) is 19.6 Å². The number of nitrogens with one attached hydrogen (secondary N) is 1. The SMILES string of the molecule is N#CC1CNCCN1C(=O)C=Cc1c(F)cccc1F. The molecule has 1 aromatic rings. The zero-order valence-electron chi connectivity index (χ0n) is 10.6. The fourth-order valence-corrected chi connectivity index (χ4v) is 2.00. The van der Waals surface area contributed by atoms with Crippen molar-refractivity contribution in [1.82, 2.24) is 10.2 Å². The number of carbonyl (C=O) groups excluding carboxylic acids is 1. The highest BCUT2D eigenvalue weighted by atomic mass is 19.1. The predicted octanol–water partition coefficient (Wildman–Crippen LogP) is 1.30. The van der Waals surface area contributed by atoms with E-state index >= 15 is 0 Å². The van der Waals surface area contributed by atoms with Gasteiger partial charge >= 0.3 is 0 Å². The molecule has 2 rings (SSSR count). The maximum atomic E-state index is 13.4. The van der Waals surface area contributed by atoms with E-state index in [9.17, 15) is 13.6 Å². The molecule has 1 heterocycles. The van der Waals surface area contributed by atoms with Crippen molar-refractivity contribution in [3.8, 4) is 6.07 Å². The van der Waals surface area contributed by atoms with Gasteiger partial charge in [0.05, 0.1) is 6.07 Å². The first kappa shape index (κ1) is 14.2. The molecular formula is C14H13F2N3O. The fourth-order valence-electron chi connectivity index (χ4n) is 2.00. The van der Waals surface area contributed by atoms with E-state index in [1.54, 1.807) is 0 Å². The Hall–Kier alpha value is -2.26. The molecule has 104 valence electrons. The van der Waals surface area contributed by atoms with Gasteiger partial charge in [-0.15, -0.1) is 0 Å². The molecule has 0 saturated carbocycles. The van der Waals surface area contributed by atoms with Crippen LogP contribution in [-0.2, 0) is 4.79 Å². The number of hydrogen-bond donors (Lipinski definition) is 1. The summed E-state index contributed by atoms with van der Waals surface area (Å²) in [5.41, 5.74) is -0.260. The standard InChI is InChI=1S/C14H13F2N3O/c15-12-2-1-3-13(16)11(12)4-5-14(20)19-7-6-18-9-10(19)8-17/h1-5,10,18H,6-7,9H2. The molecule has 1 aliphatic heterocycles. The summed E-state index contributed by atoms with van der Waals surface area (Å²) in [6.45, 7) is 1.37. The summed E-state index contributed by atoms with van der Waals surface area (Å²) in [5, 5.41) is 12.0. The highest BCUT2D eigenvalue weighted by molar-refractivity contribution is 5.92. The molecule has 1 saturated heterocycles. The number of amides is 1. The topological polar surface area (TPSA) is 56.1 Å². The van der Waals surface area contributed by atoms with E-state index in [0.29, 0.717) is 19.6 Å². The lowest BCUT2D eigenvalue weighted by Crippen LogP contribution is -2.52. The van der Waals surface area contributed by atoms with E-state index in [1.165, 1.54) is 11.0 Å². The Kier molecular flexibility index (Phi) is 4.43. The van der Waals surface area contributed by atoms with Crippen molar-refractivity contribution in [2.24, 2.45) is 0 Å². The summed E-state index contributed by atoms with van der Waals surface area (Å²) in [5.74, 6) is -1.89. The maximum Gasteiger partial charge on any atom is 0.247 e. The Morgan fingerprint density at radius 2 is 2.15 bits per heavy atom. The van der Waals surface area contributed by atoms with Crippen LogP contribution in [0.3, 0.4) is 0 Å². The molecule has 0 radical (unpaired) electrons. The zero-order chi connectivity index (χ0) is 14.5. The molecular weight excluding hydrogens is 264 g/mol. The van der Waals surface area contributed by atoms with Crippen molar-refractivity contribution in [3.05, 3.63) is 41.5 Å². The van der Waals surface area contributed by atoms with Gasteiger partial charge in [-0.25, -0.2) is 8.78 Å². The van der Waals surface area contributed by atoms with Gasteiger partial charge in [0, 0.05) is 31.3 Å². The van der Waals surface area contributed by atoms with Crippen LogP contribution in [0.4, 0.5) is 8.78 Å². The highest BCUT2D eigenvalue weighted by Gasteiger charge is 2.24. The van der Waals surface area contributed by atoms with Gasteiger partial charge in [0.2, 0.25) is 5.91 Å². The van der Waals surface area contributed by atoms with Crippen LogP contribution in [0.15, 0.2) is 24.3 Å². The number of carbonyl (C=O) groups is 1. The van der Waals surface area contributed by atoms with Gasteiger partial charge in [0.15, 0.2) is 0 Å². The molecule has 1 amide bonds. The molecule has 0 bridgehead atoms. The number of halogens is 2. The number of hydrogen-bond acceptors (Lipinski definition) is 3. The maximum absolute atomic E-state index is 13.4. The van der Waals surface area contributed by atoms with Gasteiger partial charge in [-0.2, -0.15) is 5.26 Å². The minimum Gasteiger partial charge on any atom is -0.321 e. The van der Waals surface area contributed by atoms with E-state index < -0.39 is 23.6 Å². The zero-order valence-corrected chi connectivity index (χ0v) is 10.6. The summed E-state index contributed by atoms with van der Waals surface area (Å²) in [6, 6.07) is 4.95. The van der Waals surface area contributed by atoms with E-state index in [1.807, 2.05) is 6.07 Å². The lowest BCUT2D eigenvalue weighted by Gasteiger charge is -2.31. The van der Waals surface area contributed by atoms with E-state index in [-0.39, 0.29) is 5.56 Å². The van der Waals surface area contributed by atoms with Gasteiger partial charge < -0.3 is 10.2 Å². The quantitative estimate of drug-likeness (QED) is 0.829. The minimum absolute atomic E-state index is 0.260. The summed E-state index contributed by atoms with van der Waals surface area (Å²) in [7, 11) is 0. The largest absolute Gasteiger partial charge is 0.321 e. The predicted molar refractivity (Wildman–Crippen MR) is 69.4 cm³/mol. The molecule has 0 aromatic heterocycles. The normalized spacial score (nSPS) is 19.1. The van der Waals surface area contributed by atoms with Crippen molar-refractivity contribution < 1.29 is 13.6 Å². The molecule has 1 N–H and O–H groups in total. The third kappa shape index (κ3) is 3.00. The molecule has 1 unspecified atom stereocenters. The Balaban J connectivity index is 2.15. The van der Waals surface area contributed by atoms with Crippen molar-refractivity contribution in [1.29, 1.82) is 5.26 Å². The van der Waals surface area contributed by atoms with Crippen molar-refractivity contribution in [2.45, 2.75) is 6.04 Å². The van der Waals surface area contributed by atoms with Crippen LogP contribution in [0.5, 0.6) is 0 Å². The van der Waals surface area contributed by atoms with Crippen LogP contribution in [0.1, 0.15) is 5.56 Å². The first-order chi connectivity index (χ1) is 9.63. The molecule has 1 aliphatic rings. The molecule has 1 atom stereocenters. The molecule has 4 nitrogen and oxygen atoms in total. The van der Waals surface area contributed by atoms with Gasteiger partial charge in [0.25, 0.3) is 0 Å². The molecule has 0 aliphatic carbocycles. The first-order valence-corrected chi connectivity index (χ1v) is 6.16. The smallest absolute Gasteiger partial charge is 0.247 e. The second-order valence-corrected chi connectivity index (χ2v) is 4.35. The Bertz CT molecular complexity index is 560. The molecule has 6 heteroatoms. The van der Waals surface area contributed by atoms with E-state index in [4.69, 9.17) is 5.26 Å². The van der Waals surface area contributed by atoms with Crippen LogP contribution in [-0.4, -0.2) is 36.5 Å². The second kappa shape index (κ2) is 6.26. The molecule has 20 heavy (non-hydrogen) atoms. The van der Waals surface area contributed by atoms with Crippen molar-refractivity contribution in [3.63, 3.8) is 0 Å². The van der Waals surface area contributed by atoms with Gasteiger partial charge in [-0.05, 0) is 18.2 Å². The number of benzene rings is 1. The average Bonchev–Trinajstić information content (AvgIpc) is 2.46. The van der Waals surface area contributed by atoms with Crippen LogP contribution >= 0.6 is 0 Å². The summed E-state index contributed by atoms with van der Waals surface area (Å²) < 4.78 is 26.8. The summed E-state index contributed by atoms with van der Waals surface area (Å²) in [6.07, 6.45) is 2.20. The van der Waals surface area contributed by atoms with Crippen LogP contribution in [0, 0.1) is 23.0 Å². The minimum atomic E-state index is -0.730. The third-order valence-corrected chi connectivity index (χ3v) is 3.07. The fraction of sp³-hybridized carbons (Fsp3) is 0.286. The Labute approximate surface area is 115 Å². The van der Waals surface area contributed by atoms with Gasteiger partial charge in [-0.3, -0.25) is 4.79 Å². The lowest BCUT2D eigenvalue weighted by molar-refractivity contribution is -0.127. The number of nitriles is 1. The van der Waals surface area contributed by atoms with Crippen LogP contribution in [0.2, 0.25) is 0 Å². The van der Waals surface area contributed by atoms with E-state index in [0.717, 1.165) is 24.3 Å².